The lowest BCUT2D eigenvalue weighted by Gasteiger charge is -2.09. The highest BCUT2D eigenvalue weighted by atomic mass is 79.9. The van der Waals surface area contributed by atoms with Gasteiger partial charge in [0.1, 0.15) is 0 Å². The van der Waals surface area contributed by atoms with Gasteiger partial charge in [-0.05, 0) is 6.92 Å². The largest absolute Gasteiger partial charge is 0.329 e. The minimum absolute atomic E-state index is 0.305. The summed E-state index contributed by atoms with van der Waals surface area (Å²) in [4.78, 5) is 0.611. The van der Waals surface area contributed by atoms with Crippen molar-refractivity contribution in [1.29, 1.82) is 0 Å². The summed E-state index contributed by atoms with van der Waals surface area (Å²) in [6, 6.07) is 0. The van der Waals surface area contributed by atoms with Gasteiger partial charge in [-0.15, -0.1) is 0 Å². The van der Waals surface area contributed by atoms with E-state index in [1.165, 1.54) is 0 Å². The van der Waals surface area contributed by atoms with Gasteiger partial charge in [-0.25, -0.2) is 0 Å². The van der Waals surface area contributed by atoms with Crippen molar-refractivity contribution in [2.45, 2.75) is 16.6 Å². The predicted molar refractivity (Wildman–Crippen MR) is 54.4 cm³/mol. The molecule has 0 amide bonds. The quantitative estimate of drug-likeness (QED) is 0.579. The number of halogens is 2. The molecule has 1 fully saturated rings. The molecule has 1 heterocycles. The van der Waals surface area contributed by atoms with E-state index in [0.717, 1.165) is 0 Å². The summed E-state index contributed by atoms with van der Waals surface area (Å²) in [6.07, 6.45) is 1.33. The van der Waals surface area contributed by atoms with E-state index in [1.54, 1.807) is 0 Å². The van der Waals surface area contributed by atoms with Crippen molar-refractivity contribution in [1.82, 2.24) is 0 Å². The lowest BCUT2D eigenvalue weighted by molar-refractivity contribution is 0.337. The molecule has 1 rings (SSSR count). The van der Waals surface area contributed by atoms with Gasteiger partial charge in [0.25, 0.3) is 0 Å². The van der Waals surface area contributed by atoms with Crippen molar-refractivity contribution in [2.24, 2.45) is 0 Å². The molecule has 0 spiro atoms. The van der Waals surface area contributed by atoms with E-state index < -0.39 is 7.37 Å². The Balaban J connectivity index is 2.57. The Labute approximate surface area is 83.8 Å². The molecule has 0 aromatic carbocycles. The van der Waals surface area contributed by atoms with Gasteiger partial charge in [0.15, 0.2) is 0 Å². The van der Waals surface area contributed by atoms with Crippen LogP contribution in [0.3, 0.4) is 0 Å². The maximum absolute atomic E-state index is 11.8. The fraction of sp³-hybridized carbons (Fsp3) is 1.00. The molecule has 0 aliphatic carbocycles. The van der Waals surface area contributed by atoms with Crippen LogP contribution in [0.25, 0.3) is 0 Å². The van der Waals surface area contributed by atoms with E-state index in [0.29, 0.717) is 28.6 Å². The van der Waals surface area contributed by atoms with Crippen LogP contribution in [0.5, 0.6) is 0 Å². The molecule has 0 aromatic rings. The van der Waals surface area contributed by atoms with Crippen molar-refractivity contribution in [3.05, 3.63) is 0 Å². The Morgan fingerprint density at radius 2 is 1.91 bits per heavy atom. The Kier molecular flexibility index (Phi) is 3.63. The predicted octanol–water partition coefficient (Wildman–Crippen LogP) is 2.84. The van der Waals surface area contributed by atoms with Gasteiger partial charge in [0, 0.05) is 22.0 Å². The number of alkyl halides is 2. The maximum Gasteiger partial charge on any atom is 0.205 e. The van der Waals surface area contributed by atoms with Gasteiger partial charge in [0.2, 0.25) is 7.37 Å². The fourth-order valence-corrected chi connectivity index (χ4v) is 7.18. The van der Waals surface area contributed by atoms with Crippen LogP contribution >= 0.6 is 39.2 Å². The molecule has 0 bridgehead atoms. The van der Waals surface area contributed by atoms with E-state index in [4.69, 9.17) is 4.52 Å². The first-order valence-corrected chi connectivity index (χ1v) is 7.41. The Morgan fingerprint density at radius 1 is 1.45 bits per heavy atom. The second-order valence-electron chi connectivity index (χ2n) is 2.63. The normalized spacial score (nSPS) is 44.6. The SMILES string of the molecule is CCOP1(=O)CC(Br)C(Br)C1. The molecule has 5 heteroatoms. The topological polar surface area (TPSA) is 26.3 Å². The molecule has 0 aromatic heterocycles. The molecular formula is C6H11Br2O2P. The van der Waals surface area contributed by atoms with Gasteiger partial charge in [0.05, 0.1) is 6.61 Å². The molecule has 1 saturated heterocycles. The second kappa shape index (κ2) is 3.91. The summed E-state index contributed by atoms with van der Waals surface area (Å²) in [5.74, 6) is 0. The van der Waals surface area contributed by atoms with Crippen molar-refractivity contribution in [3.8, 4) is 0 Å². The first kappa shape index (κ1) is 10.2. The van der Waals surface area contributed by atoms with E-state index in [1.807, 2.05) is 6.92 Å². The average Bonchev–Trinajstić information content (AvgIpc) is 2.08. The van der Waals surface area contributed by atoms with Gasteiger partial charge in [-0.1, -0.05) is 31.9 Å². The summed E-state index contributed by atoms with van der Waals surface area (Å²) in [5, 5.41) is 0. The van der Waals surface area contributed by atoms with E-state index in [9.17, 15) is 4.57 Å². The molecular weight excluding hydrogens is 295 g/mol. The summed E-state index contributed by atoms with van der Waals surface area (Å²) in [5.41, 5.74) is 0. The molecule has 2 unspecified atom stereocenters. The minimum Gasteiger partial charge on any atom is -0.329 e. The summed E-state index contributed by atoms with van der Waals surface area (Å²) in [7, 11) is -2.28. The Bertz CT molecular complexity index is 171. The van der Waals surface area contributed by atoms with Gasteiger partial charge in [-0.2, -0.15) is 0 Å². The highest BCUT2D eigenvalue weighted by molar-refractivity contribution is 9.12. The van der Waals surface area contributed by atoms with Crippen molar-refractivity contribution < 1.29 is 9.09 Å². The molecule has 1 aliphatic heterocycles. The fourth-order valence-electron chi connectivity index (χ4n) is 1.18. The van der Waals surface area contributed by atoms with Crippen LogP contribution in [0, 0.1) is 0 Å². The zero-order valence-electron chi connectivity index (χ0n) is 6.30. The molecule has 2 nitrogen and oxygen atoms in total. The average molecular weight is 306 g/mol. The third-order valence-corrected chi connectivity index (χ3v) is 7.92. The molecule has 0 N–H and O–H groups in total. The van der Waals surface area contributed by atoms with Gasteiger partial charge >= 0.3 is 0 Å². The summed E-state index contributed by atoms with van der Waals surface area (Å²) >= 11 is 6.90. The van der Waals surface area contributed by atoms with Crippen LogP contribution < -0.4 is 0 Å². The Morgan fingerprint density at radius 3 is 2.27 bits per heavy atom. The molecule has 2 atom stereocenters. The van der Waals surface area contributed by atoms with E-state index in [2.05, 4.69) is 31.9 Å². The number of rotatable bonds is 2. The van der Waals surface area contributed by atoms with Gasteiger partial charge < -0.3 is 4.52 Å². The van der Waals surface area contributed by atoms with E-state index >= 15 is 0 Å². The van der Waals surface area contributed by atoms with E-state index in [-0.39, 0.29) is 0 Å². The Hall–Kier alpha value is 1.15. The minimum atomic E-state index is -2.28. The van der Waals surface area contributed by atoms with Crippen LogP contribution in [0.15, 0.2) is 0 Å². The van der Waals surface area contributed by atoms with Crippen LogP contribution in [0.1, 0.15) is 6.92 Å². The first-order valence-electron chi connectivity index (χ1n) is 3.58. The van der Waals surface area contributed by atoms with Crippen molar-refractivity contribution in [2.75, 3.05) is 18.9 Å². The second-order valence-corrected chi connectivity index (χ2v) is 7.60. The third-order valence-electron chi connectivity index (χ3n) is 1.66. The van der Waals surface area contributed by atoms with Crippen LogP contribution in [-0.2, 0) is 9.09 Å². The van der Waals surface area contributed by atoms with Gasteiger partial charge in [-0.3, -0.25) is 4.57 Å². The summed E-state index contributed by atoms with van der Waals surface area (Å²) < 4.78 is 17.0. The highest BCUT2D eigenvalue weighted by Crippen LogP contribution is 2.56. The number of hydrogen-bond donors (Lipinski definition) is 0. The number of hydrogen-bond acceptors (Lipinski definition) is 2. The van der Waals surface area contributed by atoms with Crippen molar-refractivity contribution >= 4 is 39.2 Å². The standard InChI is InChI=1S/C6H11Br2O2P/c1-2-10-11(9)3-5(7)6(8)4-11/h5-6H,2-4H2,1H3. The lowest BCUT2D eigenvalue weighted by atomic mass is 10.4. The maximum atomic E-state index is 11.8. The van der Waals surface area contributed by atoms with Crippen LogP contribution in [0.4, 0.5) is 0 Å². The molecule has 0 saturated carbocycles. The molecule has 11 heavy (non-hydrogen) atoms. The highest BCUT2D eigenvalue weighted by Gasteiger charge is 2.39. The lowest BCUT2D eigenvalue weighted by Crippen LogP contribution is -2.08. The first-order chi connectivity index (χ1) is 5.07. The summed E-state index contributed by atoms with van der Waals surface area (Å²) in [6.45, 7) is 2.43. The molecule has 0 radical (unpaired) electrons. The molecule has 66 valence electrons. The zero-order chi connectivity index (χ0) is 8.48. The van der Waals surface area contributed by atoms with Crippen molar-refractivity contribution in [3.63, 3.8) is 0 Å². The third kappa shape index (κ3) is 2.55. The smallest absolute Gasteiger partial charge is 0.205 e. The zero-order valence-corrected chi connectivity index (χ0v) is 10.4. The van der Waals surface area contributed by atoms with Crippen LogP contribution in [-0.4, -0.2) is 28.6 Å². The molecule has 1 aliphatic rings. The van der Waals surface area contributed by atoms with Crippen LogP contribution in [0.2, 0.25) is 0 Å². The monoisotopic (exact) mass is 304 g/mol.